The zero-order chi connectivity index (χ0) is 27.7. The molecule has 1 aliphatic carbocycles. The van der Waals surface area contributed by atoms with Crippen molar-refractivity contribution in [2.75, 3.05) is 5.32 Å². The second kappa shape index (κ2) is 10.2. The molecule has 2 bridgehead atoms. The summed E-state index contributed by atoms with van der Waals surface area (Å²) in [5, 5.41) is 27.3. The number of benzene rings is 2. The van der Waals surface area contributed by atoms with Crippen LogP contribution in [0, 0.1) is 17.2 Å². The molecule has 6 rings (SSSR count). The number of halogens is 1. The maximum atomic E-state index is 13.3. The van der Waals surface area contributed by atoms with Crippen LogP contribution in [-0.4, -0.2) is 37.0 Å². The van der Waals surface area contributed by atoms with Gasteiger partial charge < -0.3 is 10.6 Å². The molecule has 2 aromatic heterocycles. The van der Waals surface area contributed by atoms with Crippen molar-refractivity contribution in [1.29, 1.82) is 5.26 Å². The Kier molecular flexibility index (Phi) is 6.42. The largest absolute Gasteiger partial charge is 0.341 e. The quantitative estimate of drug-likeness (QED) is 0.288. The third kappa shape index (κ3) is 4.86. The number of hydrogen-bond acceptors (Lipinski definition) is 7. The fourth-order valence-electron chi connectivity index (χ4n) is 4.93. The number of pyridine rings is 1. The number of fused-ring (bicyclic) bond motifs is 6. The zero-order valence-electron chi connectivity index (χ0n) is 21.0. The van der Waals surface area contributed by atoms with E-state index in [-0.39, 0.29) is 24.2 Å². The highest BCUT2D eigenvalue weighted by atomic mass is 35.5. The van der Waals surface area contributed by atoms with E-state index in [2.05, 4.69) is 37.2 Å². The van der Waals surface area contributed by atoms with E-state index in [1.165, 1.54) is 17.1 Å². The number of anilines is 1. The van der Waals surface area contributed by atoms with Gasteiger partial charge in [-0.25, -0.2) is 0 Å². The Morgan fingerprint density at radius 2 is 2.12 bits per heavy atom. The fraction of sp³-hybridized carbons (Fsp3) is 0.138. The van der Waals surface area contributed by atoms with Gasteiger partial charge in [0, 0.05) is 46.4 Å². The Hall–Kier alpha value is -5.14. The minimum atomic E-state index is -0.746. The molecule has 0 radical (unpaired) electrons. The van der Waals surface area contributed by atoms with Crippen LogP contribution in [0.25, 0.3) is 22.9 Å². The highest BCUT2D eigenvalue weighted by Gasteiger charge is 2.56. The van der Waals surface area contributed by atoms with Crippen LogP contribution in [-0.2, 0) is 15.1 Å². The SMILES string of the molecule is N#Cc1ccc2c(c1)-c1ccnc(c1)C1(NC(=O)/C=C/c3cc(Cl)ccc3-n3cnnn3)C[C@H]1/C=C/CC(=O)N2. The molecule has 4 aromatic rings. The van der Waals surface area contributed by atoms with Gasteiger partial charge in [-0.1, -0.05) is 23.8 Å². The minimum Gasteiger partial charge on any atom is -0.341 e. The standard InChI is InChI=1S/C29H21ClN8O2/c30-22-6-8-25(38-17-33-36-37-38)20(13-22)5-9-28(40)35-29-15-21(29)2-1-3-27(39)34-24-7-4-18(16-31)12-23(24)19-10-11-32-26(29)14-19/h1-2,4-14,17,21H,3,15H2,(H,34,39)(H,35,40)/b2-1+,9-5+/t21-,29?/m1/s1. The second-order valence-electron chi connectivity index (χ2n) is 9.54. The average Bonchev–Trinajstić information content (AvgIpc) is 3.36. The smallest absolute Gasteiger partial charge is 0.244 e. The van der Waals surface area contributed by atoms with Gasteiger partial charge in [0.1, 0.15) is 6.33 Å². The second-order valence-corrected chi connectivity index (χ2v) is 9.98. The molecular weight excluding hydrogens is 528 g/mol. The van der Waals surface area contributed by atoms with Crippen molar-refractivity contribution in [2.24, 2.45) is 5.92 Å². The molecule has 1 saturated carbocycles. The van der Waals surface area contributed by atoms with E-state index in [1.807, 2.05) is 24.3 Å². The molecular formula is C29H21ClN8O2. The monoisotopic (exact) mass is 548 g/mol. The lowest BCUT2D eigenvalue weighted by atomic mass is 9.98. The number of carbonyl (C=O) groups is 2. The third-order valence-corrected chi connectivity index (χ3v) is 7.22. The van der Waals surface area contributed by atoms with Crippen molar-refractivity contribution in [3.8, 4) is 22.9 Å². The topological polar surface area (TPSA) is 138 Å². The molecule has 2 atom stereocenters. The van der Waals surface area contributed by atoms with Crippen LogP contribution in [0.5, 0.6) is 0 Å². The molecule has 2 amide bonds. The Labute approximate surface area is 234 Å². The van der Waals surface area contributed by atoms with Gasteiger partial charge >= 0.3 is 0 Å². The first-order valence-electron chi connectivity index (χ1n) is 12.5. The number of hydrogen-bond donors (Lipinski definition) is 2. The number of nitriles is 1. The molecule has 10 nitrogen and oxygen atoms in total. The molecule has 40 heavy (non-hydrogen) atoms. The molecule has 1 aliphatic heterocycles. The number of nitrogens with zero attached hydrogens (tertiary/aromatic N) is 6. The van der Waals surface area contributed by atoms with E-state index in [9.17, 15) is 14.9 Å². The number of tetrazole rings is 1. The maximum Gasteiger partial charge on any atom is 0.244 e. The highest BCUT2D eigenvalue weighted by molar-refractivity contribution is 6.30. The van der Waals surface area contributed by atoms with Crippen molar-refractivity contribution in [1.82, 2.24) is 30.5 Å². The third-order valence-electron chi connectivity index (χ3n) is 6.98. The molecule has 11 heteroatoms. The lowest BCUT2D eigenvalue weighted by molar-refractivity contribution is -0.117. The van der Waals surface area contributed by atoms with E-state index >= 15 is 0 Å². The summed E-state index contributed by atoms with van der Waals surface area (Å²) in [6.45, 7) is 0. The Bertz CT molecular complexity index is 1740. The van der Waals surface area contributed by atoms with E-state index < -0.39 is 5.54 Å². The summed E-state index contributed by atoms with van der Waals surface area (Å²) < 4.78 is 1.49. The first kappa shape index (κ1) is 25.2. The summed E-state index contributed by atoms with van der Waals surface area (Å²) in [5.74, 6) is -0.536. The molecule has 1 fully saturated rings. The van der Waals surface area contributed by atoms with E-state index in [0.29, 0.717) is 45.2 Å². The van der Waals surface area contributed by atoms with Crippen molar-refractivity contribution in [2.45, 2.75) is 18.4 Å². The highest BCUT2D eigenvalue weighted by Crippen LogP contribution is 2.53. The maximum absolute atomic E-state index is 13.3. The number of amides is 2. The van der Waals surface area contributed by atoms with Crippen molar-refractivity contribution in [3.05, 3.63) is 101 Å². The van der Waals surface area contributed by atoms with Crippen LogP contribution in [0.2, 0.25) is 5.02 Å². The van der Waals surface area contributed by atoms with Crippen molar-refractivity contribution >= 4 is 35.2 Å². The molecule has 2 aromatic carbocycles. The number of nitrogens with one attached hydrogen (secondary N) is 2. The van der Waals surface area contributed by atoms with Crippen LogP contribution in [0.3, 0.4) is 0 Å². The predicted octanol–water partition coefficient (Wildman–Crippen LogP) is 4.19. The van der Waals surface area contributed by atoms with Gasteiger partial charge in [0.15, 0.2) is 0 Å². The molecule has 0 spiro atoms. The van der Waals surface area contributed by atoms with Crippen LogP contribution < -0.4 is 10.6 Å². The summed E-state index contributed by atoms with van der Waals surface area (Å²) in [7, 11) is 0. The van der Waals surface area contributed by atoms with Crippen LogP contribution in [0.4, 0.5) is 5.69 Å². The Morgan fingerprint density at radius 1 is 1.23 bits per heavy atom. The number of aromatic nitrogens is 5. The summed E-state index contributed by atoms with van der Waals surface area (Å²) >= 11 is 6.21. The van der Waals surface area contributed by atoms with Crippen LogP contribution in [0.1, 0.15) is 29.7 Å². The predicted molar refractivity (Wildman–Crippen MR) is 148 cm³/mol. The molecule has 2 aliphatic rings. The summed E-state index contributed by atoms with van der Waals surface area (Å²) in [6, 6.07) is 16.2. The number of rotatable bonds is 4. The zero-order valence-corrected chi connectivity index (χ0v) is 21.7. The van der Waals surface area contributed by atoms with E-state index in [1.54, 1.807) is 48.7 Å². The Morgan fingerprint density at radius 3 is 2.95 bits per heavy atom. The average molecular weight is 549 g/mol. The van der Waals surface area contributed by atoms with Gasteiger partial charge in [0.25, 0.3) is 0 Å². The van der Waals surface area contributed by atoms with Gasteiger partial charge in [-0.15, -0.1) is 5.10 Å². The first-order chi connectivity index (χ1) is 19.4. The molecule has 196 valence electrons. The summed E-state index contributed by atoms with van der Waals surface area (Å²) in [6.07, 6.45) is 10.8. The molecule has 1 unspecified atom stereocenters. The van der Waals surface area contributed by atoms with Gasteiger partial charge in [-0.2, -0.15) is 9.94 Å². The fourth-order valence-corrected chi connectivity index (χ4v) is 5.11. The van der Waals surface area contributed by atoms with Crippen LogP contribution in [0.15, 0.2) is 79.3 Å². The van der Waals surface area contributed by atoms with Gasteiger partial charge in [0.2, 0.25) is 11.8 Å². The molecule has 0 saturated heterocycles. The van der Waals surface area contributed by atoms with Gasteiger partial charge in [-0.05, 0) is 77.0 Å². The Balaban J connectivity index is 1.34. The van der Waals surface area contributed by atoms with Crippen LogP contribution >= 0.6 is 11.6 Å². The molecule has 2 N–H and O–H groups in total. The normalized spacial score (nSPS) is 20.2. The van der Waals surface area contributed by atoms with Crippen molar-refractivity contribution in [3.63, 3.8) is 0 Å². The first-order valence-corrected chi connectivity index (χ1v) is 12.8. The lowest BCUT2D eigenvalue weighted by Gasteiger charge is -2.20. The van der Waals surface area contributed by atoms with Gasteiger partial charge in [0.05, 0.1) is 28.6 Å². The number of carbonyl (C=O) groups excluding carboxylic acids is 2. The van der Waals surface area contributed by atoms with Gasteiger partial charge in [-0.3, -0.25) is 14.6 Å². The minimum absolute atomic E-state index is 0.0484. The molecule has 3 heterocycles. The van der Waals surface area contributed by atoms with E-state index in [0.717, 1.165) is 5.56 Å². The lowest BCUT2D eigenvalue weighted by Crippen LogP contribution is -2.36. The summed E-state index contributed by atoms with van der Waals surface area (Å²) in [4.78, 5) is 30.5. The summed E-state index contributed by atoms with van der Waals surface area (Å²) in [5.41, 5.74) is 3.83. The van der Waals surface area contributed by atoms with E-state index in [4.69, 9.17) is 11.6 Å². The van der Waals surface area contributed by atoms with Crippen molar-refractivity contribution < 1.29 is 9.59 Å².